The lowest BCUT2D eigenvalue weighted by molar-refractivity contribution is 0.0671. The van der Waals surface area contributed by atoms with E-state index in [9.17, 15) is 9.59 Å². The Balaban J connectivity index is 1.54. The fourth-order valence-electron chi connectivity index (χ4n) is 2.93. The number of urea groups is 1. The van der Waals surface area contributed by atoms with Crippen molar-refractivity contribution in [2.75, 3.05) is 38.1 Å². The molecular weight excluding hydrogens is 366 g/mol. The topological polar surface area (TPSA) is 61.9 Å². The van der Waals surface area contributed by atoms with Gasteiger partial charge in [0.1, 0.15) is 5.75 Å². The van der Waals surface area contributed by atoms with Gasteiger partial charge in [0.05, 0.1) is 11.6 Å². The van der Waals surface area contributed by atoms with E-state index in [2.05, 4.69) is 5.32 Å². The number of halogens is 1. The van der Waals surface area contributed by atoms with E-state index in [4.69, 9.17) is 16.3 Å². The molecule has 0 unspecified atom stereocenters. The van der Waals surface area contributed by atoms with E-state index in [1.807, 2.05) is 25.1 Å². The zero-order valence-electron chi connectivity index (χ0n) is 15.2. The van der Waals surface area contributed by atoms with Gasteiger partial charge in [0.2, 0.25) is 0 Å². The van der Waals surface area contributed by atoms with Gasteiger partial charge >= 0.3 is 6.03 Å². The number of ether oxygens (including phenoxy) is 1. The second-order valence-corrected chi connectivity index (χ2v) is 6.56. The number of piperazine rings is 1. The highest BCUT2D eigenvalue weighted by Crippen LogP contribution is 2.27. The van der Waals surface area contributed by atoms with Gasteiger partial charge in [-0.25, -0.2) is 4.79 Å². The molecule has 7 heteroatoms. The minimum atomic E-state index is -0.206. The summed E-state index contributed by atoms with van der Waals surface area (Å²) in [5, 5.41) is 3.29. The summed E-state index contributed by atoms with van der Waals surface area (Å²) in [6.07, 6.45) is 0. The van der Waals surface area contributed by atoms with Crippen molar-refractivity contribution < 1.29 is 14.3 Å². The Labute approximate surface area is 163 Å². The Hall–Kier alpha value is -2.73. The molecule has 27 heavy (non-hydrogen) atoms. The summed E-state index contributed by atoms with van der Waals surface area (Å²) >= 11 is 6.16. The number of rotatable bonds is 4. The Morgan fingerprint density at radius 2 is 1.70 bits per heavy atom. The fraction of sp³-hybridized carbons (Fsp3) is 0.300. The molecule has 1 fully saturated rings. The van der Waals surface area contributed by atoms with Crippen LogP contribution in [-0.2, 0) is 0 Å². The first-order chi connectivity index (χ1) is 13.1. The Bertz CT molecular complexity index is 805. The Morgan fingerprint density at radius 3 is 2.33 bits per heavy atom. The first-order valence-electron chi connectivity index (χ1n) is 8.91. The summed E-state index contributed by atoms with van der Waals surface area (Å²) in [7, 11) is 0. The highest BCUT2D eigenvalue weighted by atomic mass is 35.5. The number of nitrogens with one attached hydrogen (secondary N) is 1. The molecule has 0 radical (unpaired) electrons. The van der Waals surface area contributed by atoms with E-state index in [1.165, 1.54) is 0 Å². The van der Waals surface area contributed by atoms with Gasteiger partial charge in [0.15, 0.2) is 0 Å². The first kappa shape index (κ1) is 19.0. The molecule has 1 saturated heterocycles. The number of carbonyl (C=O) groups is 2. The minimum Gasteiger partial charge on any atom is -0.492 e. The quantitative estimate of drug-likeness (QED) is 0.869. The number of amides is 3. The summed E-state index contributed by atoms with van der Waals surface area (Å²) in [5.41, 5.74) is 1.27. The van der Waals surface area contributed by atoms with E-state index >= 15 is 0 Å². The van der Waals surface area contributed by atoms with Gasteiger partial charge in [-0.05, 0) is 37.3 Å². The smallest absolute Gasteiger partial charge is 0.321 e. The molecule has 1 N–H and O–H groups in total. The molecule has 1 aliphatic heterocycles. The van der Waals surface area contributed by atoms with Crippen LogP contribution in [0.25, 0.3) is 0 Å². The lowest BCUT2D eigenvalue weighted by Gasteiger charge is -2.34. The third-order valence-corrected chi connectivity index (χ3v) is 4.65. The van der Waals surface area contributed by atoms with Gasteiger partial charge < -0.3 is 19.9 Å². The molecule has 0 saturated carbocycles. The summed E-state index contributed by atoms with van der Waals surface area (Å²) in [6, 6.07) is 14.1. The maximum Gasteiger partial charge on any atom is 0.321 e. The number of benzene rings is 2. The van der Waals surface area contributed by atoms with Crippen LogP contribution in [0.5, 0.6) is 5.75 Å². The largest absolute Gasteiger partial charge is 0.492 e. The number of nitrogens with zero attached hydrogens (tertiary/aromatic N) is 2. The third kappa shape index (κ3) is 4.71. The molecule has 0 bridgehead atoms. The summed E-state index contributed by atoms with van der Waals surface area (Å²) < 4.78 is 5.39. The van der Waals surface area contributed by atoms with Gasteiger partial charge in [-0.3, -0.25) is 4.79 Å². The minimum absolute atomic E-state index is 0.00560. The maximum atomic E-state index is 12.5. The van der Waals surface area contributed by atoms with Crippen LogP contribution in [0.4, 0.5) is 10.5 Å². The Morgan fingerprint density at radius 1 is 1.04 bits per heavy atom. The van der Waals surface area contributed by atoms with Crippen LogP contribution in [0.3, 0.4) is 0 Å². The molecule has 2 aromatic rings. The predicted molar refractivity (Wildman–Crippen MR) is 106 cm³/mol. The fourth-order valence-corrected chi connectivity index (χ4v) is 3.16. The zero-order chi connectivity index (χ0) is 19.2. The normalized spacial score (nSPS) is 14.0. The Kier molecular flexibility index (Phi) is 6.19. The van der Waals surface area contributed by atoms with Crippen molar-refractivity contribution >= 4 is 29.2 Å². The van der Waals surface area contributed by atoms with Gasteiger partial charge in [0.25, 0.3) is 5.91 Å². The van der Waals surface area contributed by atoms with Crippen LogP contribution in [0.15, 0.2) is 48.5 Å². The summed E-state index contributed by atoms with van der Waals surface area (Å²) in [6.45, 7) is 4.38. The van der Waals surface area contributed by atoms with Gasteiger partial charge in [-0.2, -0.15) is 0 Å². The average molecular weight is 388 g/mol. The van der Waals surface area contributed by atoms with Crippen LogP contribution in [0, 0.1) is 0 Å². The first-order valence-corrected chi connectivity index (χ1v) is 9.29. The molecule has 2 aromatic carbocycles. The second kappa shape index (κ2) is 8.77. The van der Waals surface area contributed by atoms with Crippen LogP contribution >= 0.6 is 11.6 Å². The number of hydrogen-bond acceptors (Lipinski definition) is 3. The van der Waals surface area contributed by atoms with Crippen molar-refractivity contribution in [1.29, 1.82) is 0 Å². The zero-order valence-corrected chi connectivity index (χ0v) is 15.9. The van der Waals surface area contributed by atoms with Crippen molar-refractivity contribution in [3.05, 3.63) is 59.1 Å². The molecule has 1 heterocycles. The molecular formula is C20H22ClN3O3. The van der Waals surface area contributed by atoms with E-state index in [-0.39, 0.29) is 11.9 Å². The average Bonchev–Trinajstić information content (AvgIpc) is 2.70. The lowest BCUT2D eigenvalue weighted by atomic mass is 10.2. The molecule has 0 aromatic heterocycles. The van der Waals surface area contributed by atoms with Crippen LogP contribution in [-0.4, -0.2) is 54.5 Å². The number of hydrogen-bond donors (Lipinski definition) is 1. The van der Waals surface area contributed by atoms with Crippen molar-refractivity contribution in [3.8, 4) is 5.75 Å². The molecule has 142 valence electrons. The molecule has 0 atom stereocenters. The standard InChI is InChI=1S/C20H22ClN3O3/c1-2-27-18-9-8-16(14-17(18)21)22-20(26)24-12-10-23(11-13-24)19(25)15-6-4-3-5-7-15/h3-9,14H,2,10-13H2,1H3,(H,22,26). The van der Waals surface area contributed by atoms with E-state index in [1.54, 1.807) is 40.1 Å². The van der Waals surface area contributed by atoms with Crippen LogP contribution in [0.2, 0.25) is 5.02 Å². The second-order valence-electron chi connectivity index (χ2n) is 6.15. The lowest BCUT2D eigenvalue weighted by Crippen LogP contribution is -2.51. The van der Waals surface area contributed by atoms with Crippen molar-refractivity contribution in [2.24, 2.45) is 0 Å². The monoisotopic (exact) mass is 387 g/mol. The van der Waals surface area contributed by atoms with Crippen LogP contribution < -0.4 is 10.1 Å². The third-order valence-electron chi connectivity index (χ3n) is 4.36. The summed E-state index contributed by atoms with van der Waals surface area (Å²) in [4.78, 5) is 28.4. The summed E-state index contributed by atoms with van der Waals surface area (Å²) in [5.74, 6) is 0.583. The number of anilines is 1. The molecule has 1 aliphatic rings. The van der Waals surface area contributed by atoms with E-state index in [0.717, 1.165) is 0 Å². The van der Waals surface area contributed by atoms with Gasteiger partial charge in [-0.15, -0.1) is 0 Å². The molecule has 3 amide bonds. The molecule has 0 aliphatic carbocycles. The molecule has 6 nitrogen and oxygen atoms in total. The highest BCUT2D eigenvalue weighted by Gasteiger charge is 2.24. The maximum absolute atomic E-state index is 12.5. The van der Waals surface area contributed by atoms with Crippen molar-refractivity contribution in [3.63, 3.8) is 0 Å². The highest BCUT2D eigenvalue weighted by molar-refractivity contribution is 6.32. The van der Waals surface area contributed by atoms with E-state index < -0.39 is 0 Å². The van der Waals surface area contributed by atoms with Crippen molar-refractivity contribution in [1.82, 2.24) is 9.80 Å². The molecule has 0 spiro atoms. The van der Waals surface area contributed by atoms with Gasteiger partial charge in [0, 0.05) is 37.4 Å². The SMILES string of the molecule is CCOc1ccc(NC(=O)N2CCN(C(=O)c3ccccc3)CC2)cc1Cl. The number of carbonyl (C=O) groups excluding carboxylic acids is 2. The predicted octanol–water partition coefficient (Wildman–Crippen LogP) is 3.73. The van der Waals surface area contributed by atoms with Gasteiger partial charge in [-0.1, -0.05) is 29.8 Å². The molecule has 3 rings (SSSR count). The van der Waals surface area contributed by atoms with Crippen molar-refractivity contribution in [2.45, 2.75) is 6.92 Å². The van der Waals surface area contributed by atoms with Crippen LogP contribution in [0.1, 0.15) is 17.3 Å². The van der Waals surface area contributed by atoms with E-state index in [0.29, 0.717) is 54.8 Å².